The number of anilines is 1. The van der Waals surface area contributed by atoms with Crippen LogP contribution in [0, 0.1) is 11.3 Å². The Kier molecular flexibility index (Phi) is 5.45. The third kappa shape index (κ3) is 4.43. The molecule has 152 valence electrons. The van der Waals surface area contributed by atoms with Crippen molar-refractivity contribution in [3.8, 4) is 6.07 Å². The van der Waals surface area contributed by atoms with Crippen molar-refractivity contribution < 1.29 is 14.7 Å². The molecule has 7 nitrogen and oxygen atoms in total. The lowest BCUT2D eigenvalue weighted by Crippen LogP contribution is -2.12. The van der Waals surface area contributed by atoms with Gasteiger partial charge in [0, 0.05) is 16.6 Å². The van der Waals surface area contributed by atoms with Gasteiger partial charge in [0.25, 0.3) is 5.91 Å². The van der Waals surface area contributed by atoms with Crippen LogP contribution in [-0.4, -0.2) is 26.8 Å². The monoisotopic (exact) mass is 410 g/mol. The van der Waals surface area contributed by atoms with E-state index in [-0.39, 0.29) is 12.3 Å². The van der Waals surface area contributed by atoms with E-state index < -0.39 is 5.97 Å². The van der Waals surface area contributed by atoms with Crippen LogP contribution in [0.15, 0.2) is 72.8 Å². The summed E-state index contributed by atoms with van der Waals surface area (Å²) in [6.45, 7) is 0.476. The summed E-state index contributed by atoms with van der Waals surface area (Å²) in [6, 6.07) is 23.4. The SMILES string of the molecule is N#Cc1ccc(C(=O)Nc2ccc(Cn3nc(CC(=O)O)c4ccccc43)cc2)cc1. The molecule has 0 saturated heterocycles. The summed E-state index contributed by atoms with van der Waals surface area (Å²) in [5.41, 5.74) is 3.99. The second kappa shape index (κ2) is 8.51. The van der Waals surface area contributed by atoms with Crippen LogP contribution < -0.4 is 5.32 Å². The van der Waals surface area contributed by atoms with Crippen LogP contribution in [0.2, 0.25) is 0 Å². The molecule has 0 radical (unpaired) electrons. The molecule has 0 fully saturated rings. The molecule has 0 aliphatic carbocycles. The van der Waals surface area contributed by atoms with Gasteiger partial charge in [-0.3, -0.25) is 14.3 Å². The van der Waals surface area contributed by atoms with E-state index in [1.807, 2.05) is 42.5 Å². The first-order chi connectivity index (χ1) is 15.0. The third-order valence-electron chi connectivity index (χ3n) is 4.87. The van der Waals surface area contributed by atoms with Gasteiger partial charge in [0.05, 0.1) is 35.8 Å². The highest BCUT2D eigenvalue weighted by atomic mass is 16.4. The lowest BCUT2D eigenvalue weighted by molar-refractivity contribution is -0.136. The number of carbonyl (C=O) groups is 2. The lowest BCUT2D eigenvalue weighted by Gasteiger charge is -2.08. The number of carboxylic acid groups (broad SMARTS) is 1. The van der Waals surface area contributed by atoms with E-state index >= 15 is 0 Å². The highest BCUT2D eigenvalue weighted by Crippen LogP contribution is 2.21. The van der Waals surface area contributed by atoms with E-state index in [1.54, 1.807) is 41.1 Å². The number of nitriles is 1. The number of hydrogen-bond donors (Lipinski definition) is 2. The lowest BCUT2D eigenvalue weighted by atomic mass is 10.1. The number of benzene rings is 3. The molecule has 31 heavy (non-hydrogen) atoms. The highest BCUT2D eigenvalue weighted by Gasteiger charge is 2.13. The quantitative estimate of drug-likeness (QED) is 0.502. The van der Waals surface area contributed by atoms with Crippen molar-refractivity contribution in [3.63, 3.8) is 0 Å². The van der Waals surface area contributed by atoms with Crippen molar-refractivity contribution >= 4 is 28.5 Å². The zero-order chi connectivity index (χ0) is 21.8. The van der Waals surface area contributed by atoms with Gasteiger partial charge in [0.2, 0.25) is 0 Å². The van der Waals surface area contributed by atoms with E-state index in [2.05, 4.69) is 10.4 Å². The maximum Gasteiger partial charge on any atom is 0.309 e. The van der Waals surface area contributed by atoms with Crippen molar-refractivity contribution in [2.75, 3.05) is 5.32 Å². The number of para-hydroxylation sites is 1. The number of aromatic nitrogens is 2. The molecule has 0 unspecified atom stereocenters. The van der Waals surface area contributed by atoms with Crippen molar-refractivity contribution in [2.45, 2.75) is 13.0 Å². The standard InChI is InChI=1S/C24H18N4O3/c25-14-16-5-9-18(10-6-16)24(31)26-19-11-7-17(8-12-19)15-28-22-4-2-1-3-20(22)21(27-28)13-23(29)30/h1-12H,13,15H2,(H,26,31)(H,29,30). The average molecular weight is 410 g/mol. The second-order valence-electron chi connectivity index (χ2n) is 7.03. The van der Waals surface area contributed by atoms with Gasteiger partial charge in [0.15, 0.2) is 0 Å². The van der Waals surface area contributed by atoms with Crippen molar-refractivity contribution in [3.05, 3.63) is 95.2 Å². The minimum absolute atomic E-state index is 0.131. The Hall–Kier alpha value is -4.44. The summed E-state index contributed by atoms with van der Waals surface area (Å²) >= 11 is 0. The summed E-state index contributed by atoms with van der Waals surface area (Å²) in [7, 11) is 0. The van der Waals surface area contributed by atoms with Crippen molar-refractivity contribution in [1.29, 1.82) is 5.26 Å². The summed E-state index contributed by atoms with van der Waals surface area (Å²) in [5, 5.41) is 26.1. The number of hydrogen-bond acceptors (Lipinski definition) is 4. The number of carbonyl (C=O) groups excluding carboxylic acids is 1. The number of amides is 1. The van der Waals surface area contributed by atoms with Gasteiger partial charge in [0.1, 0.15) is 0 Å². The molecule has 3 aromatic carbocycles. The van der Waals surface area contributed by atoms with Gasteiger partial charge < -0.3 is 10.4 Å². The summed E-state index contributed by atoms with van der Waals surface area (Å²) in [4.78, 5) is 23.5. The molecule has 0 saturated carbocycles. The predicted octanol–water partition coefficient (Wildman–Crippen LogP) is 3.84. The first-order valence-corrected chi connectivity index (χ1v) is 9.60. The van der Waals surface area contributed by atoms with Crippen LogP contribution in [0.25, 0.3) is 10.9 Å². The Morgan fingerprint density at radius 3 is 2.39 bits per heavy atom. The number of fused-ring (bicyclic) bond motifs is 1. The third-order valence-corrected chi connectivity index (χ3v) is 4.87. The maximum atomic E-state index is 12.4. The molecule has 4 rings (SSSR count). The maximum absolute atomic E-state index is 12.4. The molecular formula is C24H18N4O3. The first-order valence-electron chi connectivity index (χ1n) is 9.60. The van der Waals surface area contributed by atoms with Gasteiger partial charge in [-0.1, -0.05) is 30.3 Å². The summed E-state index contributed by atoms with van der Waals surface area (Å²) < 4.78 is 1.79. The van der Waals surface area contributed by atoms with E-state index in [0.717, 1.165) is 16.5 Å². The largest absolute Gasteiger partial charge is 0.481 e. The molecule has 7 heteroatoms. The van der Waals surface area contributed by atoms with Crippen molar-refractivity contribution in [2.24, 2.45) is 0 Å². The average Bonchev–Trinajstić information content (AvgIpc) is 3.11. The Balaban J connectivity index is 1.49. The van der Waals surface area contributed by atoms with Gasteiger partial charge in [-0.15, -0.1) is 0 Å². The fraction of sp³-hybridized carbons (Fsp3) is 0.0833. The van der Waals surface area contributed by atoms with Crippen LogP contribution in [0.1, 0.15) is 27.2 Å². The van der Waals surface area contributed by atoms with Gasteiger partial charge in [-0.05, 0) is 48.0 Å². The van der Waals surface area contributed by atoms with Crippen LogP contribution in [0.5, 0.6) is 0 Å². The first kappa shape index (κ1) is 19.9. The summed E-state index contributed by atoms with van der Waals surface area (Å²) in [5.74, 6) is -1.17. The number of rotatable bonds is 6. The molecule has 1 heterocycles. The molecule has 0 aliphatic rings. The normalized spacial score (nSPS) is 10.5. The molecule has 4 aromatic rings. The van der Waals surface area contributed by atoms with Gasteiger partial charge in [-0.2, -0.15) is 10.4 Å². The van der Waals surface area contributed by atoms with Crippen LogP contribution in [0.4, 0.5) is 5.69 Å². The minimum Gasteiger partial charge on any atom is -0.481 e. The molecule has 0 atom stereocenters. The molecule has 1 aromatic heterocycles. The number of carboxylic acids is 1. The van der Waals surface area contributed by atoms with Crippen LogP contribution >= 0.6 is 0 Å². The minimum atomic E-state index is -0.919. The Labute approximate surface area is 178 Å². The van der Waals surface area contributed by atoms with E-state index in [4.69, 9.17) is 10.4 Å². The molecule has 0 spiro atoms. The smallest absolute Gasteiger partial charge is 0.309 e. The zero-order valence-electron chi connectivity index (χ0n) is 16.4. The molecular weight excluding hydrogens is 392 g/mol. The number of aliphatic carboxylic acids is 1. The fourth-order valence-electron chi connectivity index (χ4n) is 3.36. The number of nitrogens with zero attached hydrogens (tertiary/aromatic N) is 3. The van der Waals surface area contributed by atoms with Crippen LogP contribution in [0.3, 0.4) is 0 Å². The predicted molar refractivity (Wildman–Crippen MR) is 116 cm³/mol. The van der Waals surface area contributed by atoms with E-state index in [9.17, 15) is 9.59 Å². The van der Waals surface area contributed by atoms with Crippen molar-refractivity contribution in [1.82, 2.24) is 9.78 Å². The Morgan fingerprint density at radius 2 is 1.71 bits per heavy atom. The molecule has 0 aliphatic heterocycles. The van der Waals surface area contributed by atoms with Crippen LogP contribution in [-0.2, 0) is 17.8 Å². The number of nitrogens with one attached hydrogen (secondary N) is 1. The van der Waals surface area contributed by atoms with Gasteiger partial charge >= 0.3 is 5.97 Å². The highest BCUT2D eigenvalue weighted by molar-refractivity contribution is 6.04. The van der Waals surface area contributed by atoms with E-state index in [1.165, 1.54) is 0 Å². The fourth-order valence-corrected chi connectivity index (χ4v) is 3.36. The second-order valence-corrected chi connectivity index (χ2v) is 7.03. The van der Waals surface area contributed by atoms with Gasteiger partial charge in [-0.25, -0.2) is 0 Å². The molecule has 1 amide bonds. The zero-order valence-corrected chi connectivity index (χ0v) is 16.4. The summed E-state index contributed by atoms with van der Waals surface area (Å²) in [6.07, 6.45) is -0.131. The Bertz CT molecular complexity index is 1300. The molecule has 0 bridgehead atoms. The van der Waals surface area contributed by atoms with E-state index in [0.29, 0.717) is 29.1 Å². The topological polar surface area (TPSA) is 108 Å². The molecule has 2 N–H and O–H groups in total. The Morgan fingerprint density at radius 1 is 1.00 bits per heavy atom.